The smallest absolute Gasteiger partial charge is 0.269 e. The van der Waals surface area contributed by atoms with E-state index in [1.165, 1.54) is 24.3 Å². The van der Waals surface area contributed by atoms with Crippen LogP contribution in [0.15, 0.2) is 54.6 Å². The molecule has 0 unspecified atom stereocenters. The van der Waals surface area contributed by atoms with Gasteiger partial charge >= 0.3 is 0 Å². The minimum Gasteiger partial charge on any atom is -0.550 e. The van der Waals surface area contributed by atoms with E-state index in [4.69, 9.17) is 0 Å². The van der Waals surface area contributed by atoms with E-state index >= 15 is 0 Å². The second-order valence-corrected chi connectivity index (χ2v) is 5.68. The first kappa shape index (κ1) is 18.1. The molecule has 1 amide bonds. The zero-order valence-electron chi connectivity index (χ0n) is 13.5. The van der Waals surface area contributed by atoms with Gasteiger partial charge in [0.25, 0.3) is 5.69 Å². The van der Waals surface area contributed by atoms with Crippen molar-refractivity contribution in [1.82, 2.24) is 0 Å². The van der Waals surface area contributed by atoms with Crippen molar-refractivity contribution in [1.29, 1.82) is 0 Å². The molecule has 25 heavy (non-hydrogen) atoms. The third-order valence-electron chi connectivity index (χ3n) is 4.00. The molecule has 0 fully saturated rings. The van der Waals surface area contributed by atoms with Gasteiger partial charge in [-0.25, -0.2) is 0 Å². The average molecular weight is 341 g/mol. The summed E-state index contributed by atoms with van der Waals surface area (Å²) >= 11 is 0. The average Bonchev–Trinajstić information content (AvgIpc) is 2.60. The summed E-state index contributed by atoms with van der Waals surface area (Å²) in [6.07, 6.45) is -0.422. The number of nitrogens with zero attached hydrogens (tertiary/aromatic N) is 1. The van der Waals surface area contributed by atoms with Crippen molar-refractivity contribution in [2.24, 2.45) is 5.92 Å². The summed E-state index contributed by atoms with van der Waals surface area (Å²) in [5.41, 5.74) is 1.11. The molecule has 0 aliphatic carbocycles. The number of carbonyl (C=O) groups excluding carboxylic acids is 2. The van der Waals surface area contributed by atoms with Gasteiger partial charge in [-0.3, -0.25) is 14.9 Å². The number of aliphatic carboxylic acids is 1. The molecule has 2 aromatic rings. The Hall–Kier alpha value is -3.22. The Bertz CT molecular complexity index is 759. The van der Waals surface area contributed by atoms with Crippen LogP contribution in [0.3, 0.4) is 0 Å². The Balaban J connectivity index is 2.17. The van der Waals surface area contributed by atoms with Gasteiger partial charge in [-0.2, -0.15) is 0 Å². The first-order valence-corrected chi connectivity index (χ1v) is 7.68. The molecule has 0 radical (unpaired) electrons. The largest absolute Gasteiger partial charge is 0.550 e. The fraction of sp³-hybridized carbons (Fsp3) is 0.222. The number of rotatable bonds is 7. The summed E-state index contributed by atoms with van der Waals surface area (Å²) in [6, 6.07) is 14.5. The summed E-state index contributed by atoms with van der Waals surface area (Å²) in [4.78, 5) is 33.7. The van der Waals surface area contributed by atoms with Crippen molar-refractivity contribution in [3.05, 3.63) is 70.3 Å². The zero-order chi connectivity index (χ0) is 18.4. The van der Waals surface area contributed by atoms with E-state index in [0.717, 1.165) is 5.56 Å². The summed E-state index contributed by atoms with van der Waals surface area (Å²) in [7, 11) is 0. The Morgan fingerprint density at radius 2 is 1.68 bits per heavy atom. The molecule has 2 aromatic carbocycles. The van der Waals surface area contributed by atoms with Crippen molar-refractivity contribution < 1.29 is 19.6 Å². The Morgan fingerprint density at radius 1 is 1.08 bits per heavy atom. The lowest BCUT2D eigenvalue weighted by Gasteiger charge is -2.24. The van der Waals surface area contributed by atoms with Gasteiger partial charge in [-0.05, 0) is 30.0 Å². The number of non-ortho nitro benzene ring substituents is 1. The quantitative estimate of drug-likeness (QED) is 0.612. The molecule has 0 spiro atoms. The molecule has 0 aliphatic heterocycles. The van der Waals surface area contributed by atoms with Crippen LogP contribution in [0.2, 0.25) is 0 Å². The highest BCUT2D eigenvalue weighted by molar-refractivity contribution is 5.95. The van der Waals surface area contributed by atoms with Crippen LogP contribution < -0.4 is 10.4 Å². The molecule has 0 saturated carbocycles. The number of anilines is 1. The van der Waals surface area contributed by atoms with Crippen molar-refractivity contribution in [2.75, 3.05) is 5.32 Å². The van der Waals surface area contributed by atoms with Crippen LogP contribution in [0.25, 0.3) is 0 Å². The predicted octanol–water partition coefficient (Wildman–Crippen LogP) is 2.09. The number of benzene rings is 2. The van der Waals surface area contributed by atoms with E-state index in [2.05, 4.69) is 5.32 Å². The molecule has 130 valence electrons. The van der Waals surface area contributed by atoms with Crippen LogP contribution in [0.5, 0.6) is 0 Å². The van der Waals surface area contributed by atoms with Crippen LogP contribution in [0, 0.1) is 16.0 Å². The molecular weight excluding hydrogens is 324 g/mol. The highest BCUT2D eigenvalue weighted by Crippen LogP contribution is 2.28. The maximum atomic E-state index is 12.5. The van der Waals surface area contributed by atoms with E-state index in [9.17, 15) is 24.8 Å². The number of hydrogen-bond acceptors (Lipinski definition) is 5. The van der Waals surface area contributed by atoms with Gasteiger partial charge in [0.1, 0.15) is 0 Å². The van der Waals surface area contributed by atoms with E-state index in [1.807, 2.05) is 30.3 Å². The van der Waals surface area contributed by atoms with Crippen molar-refractivity contribution >= 4 is 23.3 Å². The first-order valence-electron chi connectivity index (χ1n) is 7.68. The molecule has 1 N–H and O–H groups in total. The zero-order valence-corrected chi connectivity index (χ0v) is 13.5. The third kappa shape index (κ3) is 4.87. The van der Waals surface area contributed by atoms with Gasteiger partial charge in [0.05, 0.1) is 10.8 Å². The lowest BCUT2D eigenvalue weighted by molar-refractivity contribution is -0.384. The normalized spacial score (nSPS) is 12.8. The van der Waals surface area contributed by atoms with E-state index < -0.39 is 29.1 Å². The molecular formula is C18H17N2O5-. The molecule has 7 nitrogen and oxygen atoms in total. The van der Waals surface area contributed by atoms with Gasteiger partial charge in [0.2, 0.25) is 5.91 Å². The number of carboxylic acid groups (broad SMARTS) is 1. The number of amides is 1. The molecule has 2 rings (SSSR count). The highest BCUT2D eigenvalue weighted by atomic mass is 16.6. The highest BCUT2D eigenvalue weighted by Gasteiger charge is 2.26. The summed E-state index contributed by atoms with van der Waals surface area (Å²) < 4.78 is 0. The molecule has 0 saturated heterocycles. The van der Waals surface area contributed by atoms with Crippen molar-refractivity contribution in [3.63, 3.8) is 0 Å². The lowest BCUT2D eigenvalue weighted by atomic mass is 9.84. The second-order valence-electron chi connectivity index (χ2n) is 5.68. The summed E-state index contributed by atoms with van der Waals surface area (Å²) in [6.45, 7) is 1.78. The molecule has 0 bridgehead atoms. The molecule has 0 heterocycles. The van der Waals surface area contributed by atoms with Gasteiger partial charge in [-0.1, -0.05) is 37.3 Å². The molecule has 0 aliphatic rings. The van der Waals surface area contributed by atoms with Crippen LogP contribution >= 0.6 is 0 Å². The van der Waals surface area contributed by atoms with Crippen LogP contribution in [-0.4, -0.2) is 16.8 Å². The fourth-order valence-electron chi connectivity index (χ4n) is 2.57. The number of carboxylic acids is 1. The maximum absolute atomic E-state index is 12.5. The molecule has 2 atom stereocenters. The van der Waals surface area contributed by atoms with Crippen LogP contribution in [0.1, 0.15) is 24.8 Å². The number of hydrogen-bond donors (Lipinski definition) is 1. The number of nitro benzene ring substituents is 1. The fourth-order valence-corrected chi connectivity index (χ4v) is 2.57. The van der Waals surface area contributed by atoms with Gasteiger partial charge in [-0.15, -0.1) is 0 Å². The van der Waals surface area contributed by atoms with E-state index in [-0.39, 0.29) is 11.6 Å². The Kier molecular flexibility index (Phi) is 5.84. The minimum atomic E-state index is -1.31. The van der Waals surface area contributed by atoms with E-state index in [1.54, 1.807) is 6.92 Å². The summed E-state index contributed by atoms with van der Waals surface area (Å²) in [5.74, 6) is -2.96. The number of carbonyl (C=O) groups is 2. The van der Waals surface area contributed by atoms with E-state index in [0.29, 0.717) is 5.69 Å². The SMILES string of the molecule is C[C@@H](c1ccccc1)[C@H](CC(=O)[O-])C(=O)Nc1ccc([N+](=O)[O-])cc1. The number of nitro groups is 1. The number of nitrogens with one attached hydrogen (secondary N) is 1. The standard InChI is InChI=1S/C18H18N2O5/c1-12(13-5-3-2-4-6-13)16(11-17(21)22)18(23)19-14-7-9-15(10-8-14)20(24)25/h2-10,12,16H,11H2,1H3,(H,19,23)(H,21,22)/p-1/t12-,16-/m0/s1. The molecule has 7 heteroatoms. The van der Waals surface area contributed by atoms with Crippen LogP contribution in [-0.2, 0) is 9.59 Å². The minimum absolute atomic E-state index is 0.0954. The molecule has 0 aromatic heterocycles. The van der Waals surface area contributed by atoms with Gasteiger partial charge in [0.15, 0.2) is 0 Å². The van der Waals surface area contributed by atoms with Crippen molar-refractivity contribution in [2.45, 2.75) is 19.3 Å². The van der Waals surface area contributed by atoms with Gasteiger partial charge in [0, 0.05) is 23.8 Å². The second kappa shape index (κ2) is 8.05. The predicted molar refractivity (Wildman–Crippen MR) is 89.7 cm³/mol. The Labute approximate surface area is 144 Å². The monoisotopic (exact) mass is 341 g/mol. The van der Waals surface area contributed by atoms with Crippen molar-refractivity contribution in [3.8, 4) is 0 Å². The van der Waals surface area contributed by atoms with Crippen LogP contribution in [0.4, 0.5) is 11.4 Å². The first-order chi connectivity index (χ1) is 11.9. The van der Waals surface area contributed by atoms with Gasteiger partial charge < -0.3 is 15.2 Å². The Morgan fingerprint density at radius 3 is 2.20 bits per heavy atom. The maximum Gasteiger partial charge on any atom is 0.269 e. The lowest BCUT2D eigenvalue weighted by Crippen LogP contribution is -2.34. The third-order valence-corrected chi connectivity index (χ3v) is 4.00. The topological polar surface area (TPSA) is 112 Å². The summed E-state index contributed by atoms with van der Waals surface area (Å²) in [5, 5.41) is 24.3.